The number of aliphatic carboxylic acids is 1. The highest BCUT2D eigenvalue weighted by atomic mass is 32.2. The van der Waals surface area contributed by atoms with Crippen molar-refractivity contribution < 1.29 is 9.90 Å². The standard InChI is InChI=1S/C10H10O2S/c1-10(9(11)12)6-7-4-2-3-5-8(7)13-10/h2-5H,6H2,1H3,(H,11,12). The zero-order chi connectivity index (χ0) is 9.47. The highest BCUT2D eigenvalue weighted by molar-refractivity contribution is 8.01. The van der Waals surface area contributed by atoms with Crippen LogP contribution in [0, 0.1) is 0 Å². The van der Waals surface area contributed by atoms with E-state index in [2.05, 4.69) is 0 Å². The topological polar surface area (TPSA) is 37.3 Å². The maximum atomic E-state index is 11.0. The molecule has 1 aliphatic rings. The maximum Gasteiger partial charge on any atom is 0.320 e. The van der Waals surface area contributed by atoms with E-state index in [1.54, 1.807) is 6.92 Å². The number of rotatable bonds is 1. The zero-order valence-electron chi connectivity index (χ0n) is 7.28. The van der Waals surface area contributed by atoms with Crippen LogP contribution >= 0.6 is 11.8 Å². The summed E-state index contributed by atoms with van der Waals surface area (Å²) in [4.78, 5) is 12.1. The van der Waals surface area contributed by atoms with Crippen LogP contribution in [0.15, 0.2) is 29.2 Å². The fourth-order valence-electron chi connectivity index (χ4n) is 1.51. The Morgan fingerprint density at radius 3 is 2.85 bits per heavy atom. The number of fused-ring (bicyclic) bond motifs is 1. The molecule has 0 bridgehead atoms. The van der Waals surface area contributed by atoms with Gasteiger partial charge in [0, 0.05) is 4.90 Å². The molecule has 2 rings (SSSR count). The van der Waals surface area contributed by atoms with Gasteiger partial charge in [0.05, 0.1) is 0 Å². The quantitative estimate of drug-likeness (QED) is 0.744. The summed E-state index contributed by atoms with van der Waals surface area (Å²) in [5.74, 6) is -0.728. The van der Waals surface area contributed by atoms with E-state index >= 15 is 0 Å². The molecule has 1 aliphatic heterocycles. The summed E-state index contributed by atoms with van der Waals surface area (Å²) in [7, 11) is 0. The van der Waals surface area contributed by atoms with Gasteiger partial charge in [0.25, 0.3) is 0 Å². The molecular formula is C10H10O2S. The van der Waals surface area contributed by atoms with Crippen molar-refractivity contribution in [1.82, 2.24) is 0 Å². The fourth-order valence-corrected chi connectivity index (χ4v) is 2.73. The van der Waals surface area contributed by atoms with Crippen molar-refractivity contribution in [2.45, 2.75) is 23.0 Å². The number of carboxylic acids is 1. The number of carbonyl (C=O) groups is 1. The van der Waals surface area contributed by atoms with Crippen molar-refractivity contribution >= 4 is 17.7 Å². The molecule has 1 atom stereocenters. The zero-order valence-corrected chi connectivity index (χ0v) is 8.10. The molecule has 13 heavy (non-hydrogen) atoms. The van der Waals surface area contributed by atoms with Gasteiger partial charge in [-0.1, -0.05) is 18.2 Å². The molecule has 0 saturated carbocycles. The lowest BCUT2D eigenvalue weighted by molar-refractivity contribution is -0.139. The lowest BCUT2D eigenvalue weighted by atomic mass is 10.0. The SMILES string of the molecule is CC1(C(=O)O)Cc2ccccc2S1. The molecule has 0 fully saturated rings. The van der Waals surface area contributed by atoms with Gasteiger partial charge in [-0.3, -0.25) is 4.79 Å². The number of carboxylic acid groups (broad SMARTS) is 1. The van der Waals surface area contributed by atoms with Crippen LogP contribution in [0.3, 0.4) is 0 Å². The molecule has 1 N–H and O–H groups in total. The number of thioether (sulfide) groups is 1. The molecular weight excluding hydrogens is 184 g/mol. The van der Waals surface area contributed by atoms with Crippen LogP contribution in [0.25, 0.3) is 0 Å². The van der Waals surface area contributed by atoms with Gasteiger partial charge in [0.1, 0.15) is 4.75 Å². The largest absolute Gasteiger partial charge is 0.480 e. The lowest BCUT2D eigenvalue weighted by Crippen LogP contribution is -2.30. The van der Waals surface area contributed by atoms with E-state index in [1.165, 1.54) is 11.8 Å². The Balaban J connectivity index is 2.37. The number of benzene rings is 1. The molecule has 0 radical (unpaired) electrons. The average Bonchev–Trinajstić information content (AvgIpc) is 2.42. The maximum absolute atomic E-state index is 11.0. The second-order valence-corrected chi connectivity index (χ2v) is 4.97. The normalized spacial score (nSPS) is 25.6. The van der Waals surface area contributed by atoms with Crippen molar-refractivity contribution in [3.8, 4) is 0 Å². The minimum atomic E-state index is -0.728. The highest BCUT2D eigenvalue weighted by Gasteiger charge is 2.40. The molecule has 0 amide bonds. The molecule has 1 aromatic carbocycles. The van der Waals surface area contributed by atoms with Gasteiger partial charge < -0.3 is 5.11 Å². The third-order valence-electron chi connectivity index (χ3n) is 2.29. The molecule has 0 spiro atoms. The van der Waals surface area contributed by atoms with Gasteiger partial charge in [0.2, 0.25) is 0 Å². The third kappa shape index (κ3) is 1.33. The van der Waals surface area contributed by atoms with E-state index < -0.39 is 10.7 Å². The second kappa shape index (κ2) is 2.77. The smallest absolute Gasteiger partial charge is 0.320 e. The molecule has 0 aromatic heterocycles. The summed E-state index contributed by atoms with van der Waals surface area (Å²) in [6, 6.07) is 7.87. The number of hydrogen-bond acceptors (Lipinski definition) is 2. The van der Waals surface area contributed by atoms with Gasteiger partial charge >= 0.3 is 5.97 Å². The van der Waals surface area contributed by atoms with Gasteiger partial charge in [-0.05, 0) is 25.0 Å². The Labute approximate surface area is 81.0 Å². The summed E-state index contributed by atoms with van der Waals surface area (Å²) in [5, 5.41) is 9.02. The summed E-state index contributed by atoms with van der Waals surface area (Å²) < 4.78 is -0.663. The predicted octanol–water partition coefficient (Wildman–Crippen LogP) is 2.18. The Morgan fingerprint density at radius 1 is 1.54 bits per heavy atom. The molecule has 1 aromatic rings. The van der Waals surface area contributed by atoms with E-state index in [0.717, 1.165) is 10.5 Å². The Morgan fingerprint density at radius 2 is 2.23 bits per heavy atom. The first kappa shape index (κ1) is 8.63. The highest BCUT2D eigenvalue weighted by Crippen LogP contribution is 2.44. The van der Waals surface area contributed by atoms with Crippen molar-refractivity contribution in [2.24, 2.45) is 0 Å². The van der Waals surface area contributed by atoms with Crippen LogP contribution in [0.4, 0.5) is 0 Å². The lowest BCUT2D eigenvalue weighted by Gasteiger charge is -2.15. The fraction of sp³-hybridized carbons (Fsp3) is 0.300. The van der Waals surface area contributed by atoms with E-state index in [1.807, 2.05) is 24.3 Å². The van der Waals surface area contributed by atoms with Crippen LogP contribution in [-0.4, -0.2) is 15.8 Å². The van der Waals surface area contributed by atoms with Gasteiger partial charge in [-0.15, -0.1) is 11.8 Å². The molecule has 1 unspecified atom stereocenters. The van der Waals surface area contributed by atoms with Crippen LogP contribution in [-0.2, 0) is 11.2 Å². The van der Waals surface area contributed by atoms with Gasteiger partial charge in [-0.2, -0.15) is 0 Å². The van der Waals surface area contributed by atoms with Gasteiger partial charge in [0.15, 0.2) is 0 Å². The first-order chi connectivity index (χ1) is 6.12. The number of hydrogen-bond donors (Lipinski definition) is 1. The molecule has 3 heteroatoms. The molecule has 0 saturated heterocycles. The Kier molecular flexibility index (Phi) is 1.84. The van der Waals surface area contributed by atoms with Crippen LogP contribution in [0.2, 0.25) is 0 Å². The van der Waals surface area contributed by atoms with E-state index in [9.17, 15) is 4.79 Å². The van der Waals surface area contributed by atoms with Crippen molar-refractivity contribution in [2.75, 3.05) is 0 Å². The summed E-state index contributed by atoms with van der Waals surface area (Å²) in [6.45, 7) is 1.78. The van der Waals surface area contributed by atoms with Crippen LogP contribution in [0.5, 0.6) is 0 Å². The van der Waals surface area contributed by atoms with Crippen molar-refractivity contribution in [1.29, 1.82) is 0 Å². The second-order valence-electron chi connectivity index (χ2n) is 3.42. The Hall–Kier alpha value is -0.960. The summed E-state index contributed by atoms with van der Waals surface area (Å²) >= 11 is 1.45. The van der Waals surface area contributed by atoms with Crippen molar-refractivity contribution in [3.05, 3.63) is 29.8 Å². The average molecular weight is 194 g/mol. The molecule has 0 aliphatic carbocycles. The predicted molar refractivity (Wildman–Crippen MR) is 52.0 cm³/mol. The minimum Gasteiger partial charge on any atom is -0.480 e. The van der Waals surface area contributed by atoms with Crippen LogP contribution in [0.1, 0.15) is 12.5 Å². The van der Waals surface area contributed by atoms with Crippen molar-refractivity contribution in [3.63, 3.8) is 0 Å². The third-order valence-corrected chi connectivity index (χ3v) is 3.68. The Bertz CT molecular complexity index is 335. The van der Waals surface area contributed by atoms with E-state index in [-0.39, 0.29) is 0 Å². The molecule has 1 heterocycles. The summed E-state index contributed by atoms with van der Waals surface area (Å²) in [6.07, 6.45) is 0.628. The van der Waals surface area contributed by atoms with Gasteiger partial charge in [-0.25, -0.2) is 0 Å². The monoisotopic (exact) mass is 194 g/mol. The van der Waals surface area contributed by atoms with E-state index in [0.29, 0.717) is 6.42 Å². The first-order valence-electron chi connectivity index (χ1n) is 4.12. The molecule has 2 nitrogen and oxygen atoms in total. The summed E-state index contributed by atoms with van der Waals surface area (Å²) in [5.41, 5.74) is 1.15. The van der Waals surface area contributed by atoms with Crippen LogP contribution < -0.4 is 0 Å². The van der Waals surface area contributed by atoms with E-state index in [4.69, 9.17) is 5.11 Å². The molecule has 68 valence electrons. The first-order valence-corrected chi connectivity index (χ1v) is 4.94. The minimum absolute atomic E-state index is 0.628.